The Balaban J connectivity index is 2.27. The molecule has 0 N–H and O–H groups in total. The molecule has 1 atom stereocenters. The van der Waals surface area contributed by atoms with Crippen molar-refractivity contribution in [1.29, 1.82) is 0 Å². The third-order valence-corrected chi connectivity index (χ3v) is 6.14. The van der Waals surface area contributed by atoms with Crippen LogP contribution < -0.4 is 4.74 Å². The van der Waals surface area contributed by atoms with Gasteiger partial charge in [-0.25, -0.2) is 8.42 Å². The number of hydrogen-bond donors (Lipinski definition) is 0. The molecule has 1 aromatic rings. The number of halogens is 1. The van der Waals surface area contributed by atoms with Gasteiger partial charge >= 0.3 is 0 Å². The predicted octanol–water partition coefficient (Wildman–Crippen LogP) is 3.66. The van der Waals surface area contributed by atoms with Crippen LogP contribution in [0.5, 0.6) is 5.75 Å². The Morgan fingerprint density at radius 1 is 1.43 bits per heavy atom. The molecule has 0 bridgehead atoms. The normalized spacial score (nSPS) is 20.4. The minimum atomic E-state index is -3.43. The lowest BCUT2D eigenvalue weighted by atomic mass is 10.0. The fraction of sp³-hybridized carbons (Fsp3) is 0.600. The Kier molecular flexibility index (Phi) is 5.68. The second-order valence-corrected chi connectivity index (χ2v) is 8.34. The topological polar surface area (TPSA) is 46.6 Å². The molecule has 1 aliphatic heterocycles. The van der Waals surface area contributed by atoms with Gasteiger partial charge in [-0.1, -0.05) is 13.8 Å². The summed E-state index contributed by atoms with van der Waals surface area (Å²) >= 11 is 3.40. The van der Waals surface area contributed by atoms with Crippen LogP contribution in [0, 0.1) is 5.92 Å². The van der Waals surface area contributed by atoms with Crippen LogP contribution in [0.1, 0.15) is 33.1 Å². The van der Waals surface area contributed by atoms with Crippen LogP contribution in [-0.4, -0.2) is 32.4 Å². The van der Waals surface area contributed by atoms with Crippen molar-refractivity contribution in [3.8, 4) is 5.75 Å². The third kappa shape index (κ3) is 3.99. The molecule has 6 heteroatoms. The molecule has 2 rings (SSSR count). The number of rotatable bonds is 5. The molecule has 1 unspecified atom stereocenters. The number of piperidine rings is 1. The van der Waals surface area contributed by atoms with Crippen molar-refractivity contribution in [3.63, 3.8) is 0 Å². The molecule has 1 heterocycles. The summed E-state index contributed by atoms with van der Waals surface area (Å²) in [4.78, 5) is 0.311. The molecule has 118 valence electrons. The minimum absolute atomic E-state index is 0.311. The van der Waals surface area contributed by atoms with E-state index in [-0.39, 0.29) is 0 Å². The van der Waals surface area contributed by atoms with Gasteiger partial charge in [-0.05, 0) is 53.2 Å². The number of benzene rings is 1. The predicted molar refractivity (Wildman–Crippen MR) is 87.1 cm³/mol. The van der Waals surface area contributed by atoms with Gasteiger partial charge in [0.25, 0.3) is 0 Å². The molecule has 0 saturated carbocycles. The second kappa shape index (κ2) is 7.11. The number of hydrogen-bond acceptors (Lipinski definition) is 3. The summed E-state index contributed by atoms with van der Waals surface area (Å²) in [6, 6.07) is 5.00. The van der Waals surface area contributed by atoms with Crippen molar-refractivity contribution < 1.29 is 13.2 Å². The van der Waals surface area contributed by atoms with Gasteiger partial charge in [0.1, 0.15) is 5.75 Å². The molecule has 0 aromatic heterocycles. The Morgan fingerprint density at radius 3 is 2.86 bits per heavy atom. The highest BCUT2D eigenvalue weighted by Crippen LogP contribution is 2.30. The van der Waals surface area contributed by atoms with E-state index in [2.05, 4.69) is 22.9 Å². The summed E-state index contributed by atoms with van der Waals surface area (Å²) in [6.07, 6.45) is 2.90. The largest absolute Gasteiger partial charge is 0.492 e. The quantitative estimate of drug-likeness (QED) is 0.788. The van der Waals surface area contributed by atoms with Crippen LogP contribution in [-0.2, 0) is 10.0 Å². The van der Waals surface area contributed by atoms with Gasteiger partial charge in [0, 0.05) is 19.2 Å². The SMILES string of the molecule is CCCOc1cc(S(=O)(=O)N2CCCC(C)C2)ccc1Br. The van der Waals surface area contributed by atoms with Crippen LogP contribution in [0.15, 0.2) is 27.6 Å². The van der Waals surface area contributed by atoms with Gasteiger partial charge in [0.05, 0.1) is 16.0 Å². The van der Waals surface area contributed by atoms with E-state index in [0.717, 1.165) is 23.7 Å². The molecule has 1 aliphatic rings. The zero-order valence-electron chi connectivity index (χ0n) is 12.5. The minimum Gasteiger partial charge on any atom is -0.492 e. The summed E-state index contributed by atoms with van der Waals surface area (Å²) in [7, 11) is -3.43. The lowest BCUT2D eigenvalue weighted by Crippen LogP contribution is -2.39. The van der Waals surface area contributed by atoms with E-state index in [4.69, 9.17) is 4.74 Å². The first-order valence-corrected chi connectivity index (χ1v) is 9.61. The average molecular weight is 376 g/mol. The first-order chi connectivity index (χ1) is 9.95. The summed E-state index contributed by atoms with van der Waals surface area (Å²) < 4.78 is 33.4. The highest BCUT2D eigenvalue weighted by Gasteiger charge is 2.29. The highest BCUT2D eigenvalue weighted by molar-refractivity contribution is 9.10. The third-order valence-electron chi connectivity index (χ3n) is 3.62. The molecule has 0 amide bonds. The maximum absolute atomic E-state index is 12.7. The average Bonchev–Trinajstić information content (AvgIpc) is 2.46. The van der Waals surface area contributed by atoms with Crippen molar-refractivity contribution in [2.45, 2.75) is 38.0 Å². The molecule has 1 saturated heterocycles. The molecular weight excluding hydrogens is 354 g/mol. The zero-order valence-corrected chi connectivity index (χ0v) is 14.9. The van der Waals surface area contributed by atoms with Gasteiger partial charge in [-0.3, -0.25) is 0 Å². The maximum atomic E-state index is 12.7. The number of nitrogens with zero attached hydrogens (tertiary/aromatic N) is 1. The molecule has 21 heavy (non-hydrogen) atoms. The Morgan fingerprint density at radius 2 is 2.19 bits per heavy atom. The Hall–Kier alpha value is -0.590. The van der Waals surface area contributed by atoms with E-state index in [1.165, 1.54) is 0 Å². The monoisotopic (exact) mass is 375 g/mol. The van der Waals surface area contributed by atoms with E-state index >= 15 is 0 Å². The molecule has 1 aromatic carbocycles. The van der Waals surface area contributed by atoms with Crippen molar-refractivity contribution in [1.82, 2.24) is 4.31 Å². The summed E-state index contributed by atoms with van der Waals surface area (Å²) in [5, 5.41) is 0. The van der Waals surface area contributed by atoms with E-state index in [1.807, 2.05) is 6.92 Å². The van der Waals surface area contributed by atoms with Crippen LogP contribution in [0.2, 0.25) is 0 Å². The van der Waals surface area contributed by atoms with Gasteiger partial charge < -0.3 is 4.74 Å². The lowest BCUT2D eigenvalue weighted by molar-refractivity contribution is 0.281. The number of sulfonamides is 1. The summed E-state index contributed by atoms with van der Waals surface area (Å²) in [6.45, 7) is 5.89. The van der Waals surface area contributed by atoms with E-state index < -0.39 is 10.0 Å². The molecule has 0 aliphatic carbocycles. The van der Waals surface area contributed by atoms with E-state index in [0.29, 0.717) is 36.3 Å². The first kappa shape index (κ1) is 16.8. The Bertz CT molecular complexity index is 589. The van der Waals surface area contributed by atoms with Crippen molar-refractivity contribution in [2.24, 2.45) is 5.92 Å². The molecular formula is C15H22BrNO3S. The van der Waals surface area contributed by atoms with Crippen molar-refractivity contribution >= 4 is 26.0 Å². The van der Waals surface area contributed by atoms with Crippen LogP contribution in [0.25, 0.3) is 0 Å². The smallest absolute Gasteiger partial charge is 0.243 e. The lowest BCUT2D eigenvalue weighted by Gasteiger charge is -2.30. The molecule has 0 spiro atoms. The van der Waals surface area contributed by atoms with Crippen LogP contribution >= 0.6 is 15.9 Å². The van der Waals surface area contributed by atoms with Crippen LogP contribution in [0.3, 0.4) is 0 Å². The van der Waals surface area contributed by atoms with Gasteiger partial charge in [0.2, 0.25) is 10.0 Å². The first-order valence-electron chi connectivity index (χ1n) is 7.37. The van der Waals surface area contributed by atoms with Gasteiger partial charge in [-0.15, -0.1) is 0 Å². The summed E-state index contributed by atoms with van der Waals surface area (Å²) in [5.74, 6) is 1.00. The zero-order chi connectivity index (χ0) is 15.5. The highest BCUT2D eigenvalue weighted by atomic mass is 79.9. The van der Waals surface area contributed by atoms with Crippen LogP contribution in [0.4, 0.5) is 0 Å². The fourth-order valence-electron chi connectivity index (χ4n) is 2.48. The van der Waals surface area contributed by atoms with Gasteiger partial charge in [0.15, 0.2) is 0 Å². The second-order valence-electron chi connectivity index (χ2n) is 5.55. The van der Waals surface area contributed by atoms with Crippen molar-refractivity contribution in [2.75, 3.05) is 19.7 Å². The molecule has 1 fully saturated rings. The number of ether oxygens (including phenoxy) is 1. The van der Waals surface area contributed by atoms with E-state index in [1.54, 1.807) is 22.5 Å². The van der Waals surface area contributed by atoms with E-state index in [9.17, 15) is 8.42 Å². The molecule has 0 radical (unpaired) electrons. The molecule has 4 nitrogen and oxygen atoms in total. The maximum Gasteiger partial charge on any atom is 0.243 e. The summed E-state index contributed by atoms with van der Waals surface area (Å²) in [5.41, 5.74) is 0. The fourth-order valence-corrected chi connectivity index (χ4v) is 4.46. The van der Waals surface area contributed by atoms with Gasteiger partial charge in [-0.2, -0.15) is 4.31 Å². The Labute approximate surface area is 135 Å². The van der Waals surface area contributed by atoms with Crippen molar-refractivity contribution in [3.05, 3.63) is 22.7 Å². The standard InChI is InChI=1S/C15H22BrNO3S/c1-3-9-20-15-10-13(6-7-14(15)16)21(18,19)17-8-4-5-12(2)11-17/h6-7,10,12H,3-5,8-9,11H2,1-2H3.